The molecular formula is C39H43N3. The monoisotopic (exact) mass is 553 g/mol. The van der Waals surface area contributed by atoms with Gasteiger partial charge in [0, 0.05) is 32.0 Å². The second-order valence-electron chi connectivity index (χ2n) is 10.8. The maximum atomic E-state index is 5.88. The quantitative estimate of drug-likeness (QED) is 0.221. The molecule has 0 heterocycles. The summed E-state index contributed by atoms with van der Waals surface area (Å²) in [5.41, 5.74) is 17.8. The summed E-state index contributed by atoms with van der Waals surface area (Å²) in [6, 6.07) is 36.3. The Labute approximate surface area is 252 Å². The molecule has 4 aromatic rings. The summed E-state index contributed by atoms with van der Waals surface area (Å²) in [5.74, 6) is 0. The number of aliphatic imine (C=N–C) groups is 1. The van der Waals surface area contributed by atoms with Crippen LogP contribution < -0.4 is 10.6 Å². The molecule has 0 aromatic heterocycles. The number of anilines is 2. The van der Waals surface area contributed by atoms with Crippen molar-refractivity contribution < 1.29 is 0 Å². The van der Waals surface area contributed by atoms with Crippen LogP contribution in [-0.2, 0) is 12.8 Å². The van der Waals surface area contributed by atoms with Crippen molar-refractivity contribution in [3.63, 3.8) is 0 Å². The van der Waals surface area contributed by atoms with Crippen molar-refractivity contribution in [3.8, 4) is 0 Å². The second-order valence-corrected chi connectivity index (χ2v) is 10.8. The maximum Gasteiger partial charge on any atom is 0.0574 e. The Morgan fingerprint density at radius 2 is 1.21 bits per heavy atom. The van der Waals surface area contributed by atoms with Gasteiger partial charge in [-0.3, -0.25) is 4.99 Å². The van der Waals surface area contributed by atoms with Crippen molar-refractivity contribution in [2.75, 3.05) is 31.3 Å². The SMILES string of the molecule is CCN=C1C=CC(=C(c2ccc(N)cc2)c2ccc(N(C)C)cc2)C=C1.Cc1ccc(CCCc2ccccc2)cc1. The van der Waals surface area contributed by atoms with E-state index in [9.17, 15) is 0 Å². The highest BCUT2D eigenvalue weighted by Gasteiger charge is 2.11. The van der Waals surface area contributed by atoms with Gasteiger partial charge in [-0.05, 0) is 103 Å². The molecule has 3 heteroatoms. The van der Waals surface area contributed by atoms with Crippen LogP contribution in [0.2, 0.25) is 0 Å². The van der Waals surface area contributed by atoms with Gasteiger partial charge in [0.25, 0.3) is 0 Å². The molecule has 0 atom stereocenters. The number of hydrogen-bond acceptors (Lipinski definition) is 3. The van der Waals surface area contributed by atoms with E-state index >= 15 is 0 Å². The molecule has 0 unspecified atom stereocenters. The van der Waals surface area contributed by atoms with E-state index in [0.717, 1.165) is 23.5 Å². The predicted molar refractivity (Wildman–Crippen MR) is 184 cm³/mol. The first-order chi connectivity index (χ1) is 20.4. The van der Waals surface area contributed by atoms with Gasteiger partial charge in [0.2, 0.25) is 0 Å². The average Bonchev–Trinajstić information content (AvgIpc) is 3.01. The van der Waals surface area contributed by atoms with Gasteiger partial charge in [0.1, 0.15) is 0 Å². The van der Waals surface area contributed by atoms with Crippen LogP contribution in [0.25, 0.3) is 5.57 Å². The van der Waals surface area contributed by atoms with Gasteiger partial charge in [-0.25, -0.2) is 0 Å². The fourth-order valence-corrected chi connectivity index (χ4v) is 4.89. The fraction of sp³-hybridized carbons (Fsp3) is 0.205. The lowest BCUT2D eigenvalue weighted by Crippen LogP contribution is -2.08. The Hall–Kier alpha value is -4.63. The van der Waals surface area contributed by atoms with E-state index in [1.54, 1.807) is 0 Å². The number of nitrogens with zero attached hydrogens (tertiary/aromatic N) is 2. The molecule has 42 heavy (non-hydrogen) atoms. The molecule has 0 spiro atoms. The summed E-state index contributed by atoms with van der Waals surface area (Å²) in [7, 11) is 4.10. The number of nitrogens with two attached hydrogens (primary N) is 1. The van der Waals surface area contributed by atoms with Crippen LogP contribution in [0.15, 0.2) is 138 Å². The highest BCUT2D eigenvalue weighted by Crippen LogP contribution is 2.31. The van der Waals surface area contributed by atoms with Crippen molar-refractivity contribution in [3.05, 3.63) is 161 Å². The van der Waals surface area contributed by atoms with Crippen LogP contribution >= 0.6 is 0 Å². The topological polar surface area (TPSA) is 41.6 Å². The van der Waals surface area contributed by atoms with E-state index < -0.39 is 0 Å². The van der Waals surface area contributed by atoms with Crippen molar-refractivity contribution in [2.45, 2.75) is 33.1 Å². The number of allylic oxidation sites excluding steroid dienone is 5. The Balaban J connectivity index is 0.000000216. The lowest BCUT2D eigenvalue weighted by molar-refractivity contribution is 0.820. The van der Waals surface area contributed by atoms with Gasteiger partial charge in [-0.15, -0.1) is 0 Å². The van der Waals surface area contributed by atoms with Crippen molar-refractivity contribution in [1.29, 1.82) is 0 Å². The Morgan fingerprint density at radius 3 is 1.76 bits per heavy atom. The molecule has 1 aliphatic rings. The molecule has 0 saturated heterocycles. The van der Waals surface area contributed by atoms with Crippen LogP contribution in [-0.4, -0.2) is 26.4 Å². The number of benzene rings is 4. The summed E-state index contributed by atoms with van der Waals surface area (Å²) < 4.78 is 0. The van der Waals surface area contributed by atoms with E-state index in [1.165, 1.54) is 58.3 Å². The van der Waals surface area contributed by atoms with Gasteiger partial charge in [-0.2, -0.15) is 0 Å². The number of hydrogen-bond donors (Lipinski definition) is 1. The molecule has 0 saturated carbocycles. The molecule has 0 amide bonds. The maximum absolute atomic E-state index is 5.88. The summed E-state index contributed by atoms with van der Waals surface area (Å²) in [6.07, 6.45) is 12.0. The molecule has 0 fully saturated rings. The molecule has 0 aliphatic heterocycles. The molecule has 0 bridgehead atoms. The van der Waals surface area contributed by atoms with E-state index in [2.05, 4.69) is 146 Å². The van der Waals surface area contributed by atoms with Crippen LogP contribution in [0.4, 0.5) is 11.4 Å². The molecular weight excluding hydrogens is 510 g/mol. The number of aryl methyl sites for hydroxylation is 3. The van der Waals surface area contributed by atoms with Crippen LogP contribution in [0.5, 0.6) is 0 Å². The van der Waals surface area contributed by atoms with Gasteiger partial charge < -0.3 is 10.6 Å². The van der Waals surface area contributed by atoms with E-state index in [1.807, 2.05) is 19.1 Å². The largest absolute Gasteiger partial charge is 0.399 e. The molecule has 1 aliphatic carbocycles. The lowest BCUT2D eigenvalue weighted by Gasteiger charge is -2.17. The number of rotatable bonds is 8. The van der Waals surface area contributed by atoms with E-state index in [0.29, 0.717) is 0 Å². The third-order valence-corrected chi connectivity index (χ3v) is 7.26. The molecule has 0 radical (unpaired) electrons. The minimum absolute atomic E-state index is 0.771. The Kier molecular flexibility index (Phi) is 11.1. The van der Waals surface area contributed by atoms with Gasteiger partial charge >= 0.3 is 0 Å². The minimum atomic E-state index is 0.771. The van der Waals surface area contributed by atoms with E-state index in [-0.39, 0.29) is 0 Å². The molecule has 4 aromatic carbocycles. The van der Waals surface area contributed by atoms with Crippen molar-refractivity contribution >= 4 is 22.7 Å². The van der Waals surface area contributed by atoms with Crippen LogP contribution in [0, 0.1) is 6.92 Å². The summed E-state index contributed by atoms with van der Waals surface area (Å²) in [5, 5.41) is 0. The summed E-state index contributed by atoms with van der Waals surface area (Å²) in [4.78, 5) is 6.57. The van der Waals surface area contributed by atoms with Crippen molar-refractivity contribution in [2.24, 2.45) is 4.99 Å². The van der Waals surface area contributed by atoms with E-state index in [4.69, 9.17) is 5.73 Å². The highest BCUT2D eigenvalue weighted by molar-refractivity contribution is 6.07. The van der Waals surface area contributed by atoms with Gasteiger partial charge in [0.05, 0.1) is 5.71 Å². The zero-order chi connectivity index (χ0) is 29.7. The van der Waals surface area contributed by atoms with Crippen LogP contribution in [0.3, 0.4) is 0 Å². The molecule has 5 rings (SSSR count). The van der Waals surface area contributed by atoms with Crippen molar-refractivity contribution in [1.82, 2.24) is 0 Å². The Morgan fingerprint density at radius 1 is 0.667 bits per heavy atom. The summed E-state index contributed by atoms with van der Waals surface area (Å²) >= 11 is 0. The second kappa shape index (κ2) is 15.4. The first kappa shape index (κ1) is 30.3. The normalized spacial score (nSPS) is 12.0. The Bertz CT molecular complexity index is 1500. The third-order valence-electron chi connectivity index (χ3n) is 7.26. The first-order valence-electron chi connectivity index (χ1n) is 14.8. The highest BCUT2D eigenvalue weighted by atomic mass is 15.1. The first-order valence-corrected chi connectivity index (χ1v) is 14.8. The fourth-order valence-electron chi connectivity index (χ4n) is 4.89. The van der Waals surface area contributed by atoms with Crippen LogP contribution in [0.1, 0.15) is 41.2 Å². The zero-order valence-corrected chi connectivity index (χ0v) is 25.4. The lowest BCUT2D eigenvalue weighted by atomic mass is 9.90. The van der Waals surface area contributed by atoms with Gasteiger partial charge in [-0.1, -0.05) is 96.6 Å². The predicted octanol–water partition coefficient (Wildman–Crippen LogP) is 8.89. The number of nitrogen functional groups attached to an aromatic ring is 1. The molecule has 3 nitrogen and oxygen atoms in total. The molecule has 214 valence electrons. The molecule has 2 N–H and O–H groups in total. The summed E-state index contributed by atoms with van der Waals surface area (Å²) in [6.45, 7) is 4.97. The average molecular weight is 554 g/mol. The minimum Gasteiger partial charge on any atom is -0.399 e. The smallest absolute Gasteiger partial charge is 0.0574 e. The zero-order valence-electron chi connectivity index (χ0n) is 25.4. The standard InChI is InChI=1S/C23H25N3.C16H18/c1-4-25-21-13-7-18(8-14-21)23(17-5-11-20(24)12-6-17)19-9-15-22(16-10-19)26(2)3;1-14-10-12-16(13-11-14)9-5-8-15-6-3-2-4-7-15/h5-16H,4,24H2,1-3H3;2-4,6-7,10-13H,5,8-9H2,1H3. The van der Waals surface area contributed by atoms with Gasteiger partial charge in [0.15, 0.2) is 0 Å². The third kappa shape index (κ3) is 8.94.